The molecule has 6 nitrogen and oxygen atoms in total. The van der Waals surface area contributed by atoms with Crippen molar-refractivity contribution >= 4 is 27.2 Å². The molecule has 0 saturated carbocycles. The molecule has 4 rings (SSSR count). The number of anilines is 1. The number of aryl methyl sites for hydroxylation is 1. The molecule has 0 aliphatic heterocycles. The van der Waals surface area contributed by atoms with E-state index in [1.165, 1.54) is 10.4 Å². The van der Waals surface area contributed by atoms with Crippen LogP contribution in [0.1, 0.15) is 56.4 Å². The molecule has 2 heterocycles. The van der Waals surface area contributed by atoms with Gasteiger partial charge in [-0.25, -0.2) is 4.98 Å². The smallest absolute Gasteiger partial charge is 0.259 e. The molecular weight excluding hydrogens is 398 g/mol. The van der Waals surface area contributed by atoms with E-state index in [1.54, 1.807) is 11.3 Å². The van der Waals surface area contributed by atoms with E-state index < -0.39 is 0 Å². The number of thiophene rings is 1. The molecule has 2 aromatic heterocycles. The predicted octanol–water partition coefficient (Wildman–Crippen LogP) is 5.08. The van der Waals surface area contributed by atoms with Crippen molar-refractivity contribution in [1.29, 1.82) is 0 Å². The molecule has 0 spiro atoms. The second-order valence-corrected chi connectivity index (χ2v) is 8.96. The van der Waals surface area contributed by atoms with Gasteiger partial charge in [-0.05, 0) is 63.6 Å². The van der Waals surface area contributed by atoms with Crippen molar-refractivity contribution in [1.82, 2.24) is 9.97 Å². The molecule has 2 N–H and O–H groups in total. The topological polar surface area (TPSA) is 76.2 Å². The molecule has 160 valence electrons. The molecule has 0 radical (unpaired) electrons. The Hall–Kier alpha value is -2.54. The highest BCUT2D eigenvalue weighted by molar-refractivity contribution is 7.18. The summed E-state index contributed by atoms with van der Waals surface area (Å²) >= 11 is 1.68. The lowest BCUT2D eigenvalue weighted by atomic mass is 9.89. The third-order valence-corrected chi connectivity index (χ3v) is 6.67. The van der Waals surface area contributed by atoms with Crippen LogP contribution in [0.5, 0.6) is 11.5 Å². The van der Waals surface area contributed by atoms with Crippen molar-refractivity contribution in [2.75, 3.05) is 18.5 Å². The monoisotopic (exact) mass is 427 g/mol. The normalized spacial score (nSPS) is 16.9. The van der Waals surface area contributed by atoms with Crippen molar-refractivity contribution in [3.05, 3.63) is 44.8 Å². The van der Waals surface area contributed by atoms with Crippen LogP contribution < -0.4 is 20.3 Å². The van der Waals surface area contributed by atoms with Crippen LogP contribution in [-0.4, -0.2) is 23.2 Å². The molecule has 0 amide bonds. The Balaban J connectivity index is 1.61. The Morgan fingerprint density at radius 3 is 2.80 bits per heavy atom. The molecular formula is C23H29N3O3S. The van der Waals surface area contributed by atoms with Gasteiger partial charge in [-0.15, -0.1) is 11.3 Å². The second-order valence-electron chi connectivity index (χ2n) is 7.88. The molecule has 1 aromatic carbocycles. The highest BCUT2D eigenvalue weighted by atomic mass is 32.1. The summed E-state index contributed by atoms with van der Waals surface area (Å²) in [6.07, 6.45) is 3.16. The van der Waals surface area contributed by atoms with Crippen LogP contribution in [0, 0.1) is 5.92 Å². The number of nitrogens with zero attached hydrogens (tertiary/aromatic N) is 1. The number of hydrogen-bond donors (Lipinski definition) is 2. The molecule has 1 aliphatic rings. The molecule has 0 fully saturated rings. The fourth-order valence-electron chi connectivity index (χ4n) is 4.03. The molecule has 0 saturated heterocycles. The minimum atomic E-state index is -0.160. The van der Waals surface area contributed by atoms with Crippen molar-refractivity contribution in [3.8, 4) is 11.5 Å². The SMILES string of the molecule is CCOc1ccc(N[C@H](C)c2nc3sc4c(c3c(=O)[nH]2)CC[C@@H](C)C4)cc1OCC. The average Bonchev–Trinajstić information content (AvgIpc) is 3.08. The van der Waals surface area contributed by atoms with Crippen LogP contribution in [0.2, 0.25) is 0 Å². The minimum absolute atomic E-state index is 0.0302. The summed E-state index contributed by atoms with van der Waals surface area (Å²) < 4.78 is 11.3. The van der Waals surface area contributed by atoms with E-state index in [4.69, 9.17) is 14.5 Å². The predicted molar refractivity (Wildman–Crippen MR) is 122 cm³/mol. The number of nitrogens with one attached hydrogen (secondary N) is 2. The van der Waals surface area contributed by atoms with E-state index in [0.29, 0.717) is 30.7 Å². The Bertz CT molecular complexity index is 1110. The molecule has 2 atom stereocenters. The Morgan fingerprint density at radius 2 is 2.03 bits per heavy atom. The zero-order valence-corrected chi connectivity index (χ0v) is 18.8. The number of fused-ring (bicyclic) bond motifs is 3. The molecule has 30 heavy (non-hydrogen) atoms. The van der Waals surface area contributed by atoms with E-state index in [2.05, 4.69) is 17.2 Å². The van der Waals surface area contributed by atoms with Gasteiger partial charge in [0, 0.05) is 16.6 Å². The lowest BCUT2D eigenvalue weighted by molar-refractivity contribution is 0.288. The van der Waals surface area contributed by atoms with E-state index in [-0.39, 0.29) is 11.6 Å². The summed E-state index contributed by atoms with van der Waals surface area (Å²) in [7, 11) is 0. The zero-order chi connectivity index (χ0) is 21.3. The summed E-state index contributed by atoms with van der Waals surface area (Å²) in [6.45, 7) is 9.31. The van der Waals surface area contributed by atoms with Crippen molar-refractivity contribution in [2.24, 2.45) is 5.92 Å². The standard InChI is InChI=1S/C23H29N3O3S/c1-5-28-17-10-8-15(12-18(17)29-6-2)24-14(4)21-25-22(27)20-16-9-7-13(3)11-19(16)30-23(20)26-21/h8,10,12-14,24H,5-7,9,11H2,1-4H3,(H,25,26,27)/t13-,14-/m1/s1. The first-order chi connectivity index (χ1) is 14.5. The van der Waals surface area contributed by atoms with Gasteiger partial charge in [0.2, 0.25) is 0 Å². The van der Waals surface area contributed by atoms with Gasteiger partial charge in [0.1, 0.15) is 10.7 Å². The number of benzene rings is 1. The van der Waals surface area contributed by atoms with Crippen LogP contribution in [-0.2, 0) is 12.8 Å². The van der Waals surface area contributed by atoms with Crippen molar-refractivity contribution in [2.45, 2.75) is 53.0 Å². The second kappa shape index (κ2) is 8.68. The van der Waals surface area contributed by atoms with E-state index in [1.807, 2.05) is 39.0 Å². The van der Waals surface area contributed by atoms with Gasteiger partial charge in [0.15, 0.2) is 11.5 Å². The first-order valence-electron chi connectivity index (χ1n) is 10.7. The van der Waals surface area contributed by atoms with Gasteiger partial charge in [-0.3, -0.25) is 4.79 Å². The number of H-pyrrole nitrogens is 1. The fraction of sp³-hybridized carbons (Fsp3) is 0.478. The maximum atomic E-state index is 12.9. The number of aromatic nitrogens is 2. The quantitative estimate of drug-likeness (QED) is 0.550. The van der Waals surface area contributed by atoms with Gasteiger partial charge in [-0.1, -0.05) is 6.92 Å². The van der Waals surface area contributed by atoms with Gasteiger partial charge in [0.25, 0.3) is 5.56 Å². The highest BCUT2D eigenvalue weighted by Crippen LogP contribution is 2.36. The van der Waals surface area contributed by atoms with Gasteiger partial charge >= 0.3 is 0 Å². The first kappa shape index (κ1) is 20.7. The maximum Gasteiger partial charge on any atom is 0.259 e. The van der Waals surface area contributed by atoms with Crippen molar-refractivity contribution < 1.29 is 9.47 Å². The molecule has 0 unspecified atom stereocenters. The third-order valence-electron chi connectivity index (χ3n) is 5.52. The van der Waals surface area contributed by atoms with E-state index in [0.717, 1.165) is 40.9 Å². The van der Waals surface area contributed by atoms with Crippen LogP contribution in [0.25, 0.3) is 10.2 Å². The van der Waals surface area contributed by atoms with Crippen LogP contribution >= 0.6 is 11.3 Å². The number of ether oxygens (including phenoxy) is 2. The summed E-state index contributed by atoms with van der Waals surface area (Å²) in [5.41, 5.74) is 2.07. The summed E-state index contributed by atoms with van der Waals surface area (Å²) in [4.78, 5) is 22.9. The number of hydrogen-bond acceptors (Lipinski definition) is 6. The molecule has 1 aliphatic carbocycles. The first-order valence-corrected chi connectivity index (χ1v) is 11.5. The molecule has 0 bridgehead atoms. The van der Waals surface area contributed by atoms with Gasteiger partial charge in [-0.2, -0.15) is 0 Å². The van der Waals surface area contributed by atoms with E-state index in [9.17, 15) is 4.79 Å². The van der Waals surface area contributed by atoms with Crippen LogP contribution in [0.4, 0.5) is 5.69 Å². The largest absolute Gasteiger partial charge is 0.490 e. The lowest BCUT2D eigenvalue weighted by Gasteiger charge is -2.18. The minimum Gasteiger partial charge on any atom is -0.490 e. The third kappa shape index (κ3) is 4.03. The Morgan fingerprint density at radius 1 is 1.27 bits per heavy atom. The maximum absolute atomic E-state index is 12.9. The van der Waals surface area contributed by atoms with Crippen LogP contribution in [0.15, 0.2) is 23.0 Å². The fourth-order valence-corrected chi connectivity index (χ4v) is 5.42. The Kier molecular flexibility index (Phi) is 5.99. The zero-order valence-electron chi connectivity index (χ0n) is 18.0. The average molecular weight is 428 g/mol. The summed E-state index contributed by atoms with van der Waals surface area (Å²) in [6, 6.07) is 5.61. The van der Waals surface area contributed by atoms with E-state index >= 15 is 0 Å². The Labute approximate surface area is 180 Å². The highest BCUT2D eigenvalue weighted by Gasteiger charge is 2.23. The number of aromatic amines is 1. The molecule has 7 heteroatoms. The summed E-state index contributed by atoms with van der Waals surface area (Å²) in [5, 5.41) is 4.21. The lowest BCUT2D eigenvalue weighted by Crippen LogP contribution is -2.18. The van der Waals surface area contributed by atoms with Crippen molar-refractivity contribution in [3.63, 3.8) is 0 Å². The van der Waals surface area contributed by atoms with Gasteiger partial charge in [0.05, 0.1) is 24.6 Å². The van der Waals surface area contributed by atoms with Crippen LogP contribution in [0.3, 0.4) is 0 Å². The summed E-state index contributed by atoms with van der Waals surface area (Å²) in [5.74, 6) is 2.74. The van der Waals surface area contributed by atoms with Gasteiger partial charge < -0.3 is 19.8 Å². The number of rotatable bonds is 7. The molecule has 3 aromatic rings.